The quantitative estimate of drug-likeness (QED) is 0.681. The third-order valence-electron chi connectivity index (χ3n) is 2.95. The summed E-state index contributed by atoms with van der Waals surface area (Å²) in [4.78, 5) is 0. The van der Waals surface area contributed by atoms with Crippen molar-refractivity contribution in [3.63, 3.8) is 0 Å². The number of methoxy groups -OCH3 is 2. The van der Waals surface area contributed by atoms with Crippen LogP contribution in [0.2, 0.25) is 10.0 Å². The summed E-state index contributed by atoms with van der Waals surface area (Å²) in [6.45, 7) is 0. The number of benzene rings is 2. The van der Waals surface area contributed by atoms with Gasteiger partial charge in [0.05, 0.1) is 19.6 Å². The van der Waals surface area contributed by atoms with E-state index in [1.54, 1.807) is 18.2 Å². The first-order valence-electron chi connectivity index (χ1n) is 5.97. The summed E-state index contributed by atoms with van der Waals surface area (Å²) in [6, 6.07) is 7.60. The highest BCUT2D eigenvalue weighted by Gasteiger charge is 2.20. The Morgan fingerprint density at radius 3 is 1.95 bits per heavy atom. The van der Waals surface area contributed by atoms with Crippen LogP contribution in [-0.2, 0) is 0 Å². The van der Waals surface area contributed by atoms with Crippen molar-refractivity contribution in [2.45, 2.75) is 5.38 Å². The molecule has 0 radical (unpaired) electrons. The summed E-state index contributed by atoms with van der Waals surface area (Å²) in [6.07, 6.45) is 0. The van der Waals surface area contributed by atoms with Crippen molar-refractivity contribution in [3.8, 4) is 11.5 Å². The maximum atomic E-state index is 14.2. The summed E-state index contributed by atoms with van der Waals surface area (Å²) in [5.41, 5.74) is 0.855. The van der Waals surface area contributed by atoms with Gasteiger partial charge in [-0.25, -0.2) is 4.39 Å². The highest BCUT2D eigenvalue weighted by molar-refractivity contribution is 6.35. The molecule has 2 nitrogen and oxygen atoms in total. The summed E-state index contributed by atoms with van der Waals surface area (Å²) in [5.74, 6) is 0.197. The van der Waals surface area contributed by atoms with Gasteiger partial charge in [-0.1, -0.05) is 23.2 Å². The zero-order valence-electron chi connectivity index (χ0n) is 11.3. The molecule has 2 aromatic rings. The maximum absolute atomic E-state index is 14.2. The van der Waals surface area contributed by atoms with Crippen LogP contribution in [-0.4, -0.2) is 14.2 Å². The molecule has 0 aliphatic heterocycles. The molecule has 2 aromatic carbocycles. The Morgan fingerprint density at radius 1 is 0.905 bits per heavy atom. The Bertz CT molecular complexity index is 641. The molecule has 0 amide bonds. The van der Waals surface area contributed by atoms with Crippen LogP contribution in [0.25, 0.3) is 0 Å². The van der Waals surface area contributed by atoms with Crippen LogP contribution in [0, 0.1) is 5.82 Å². The lowest BCUT2D eigenvalue weighted by Crippen LogP contribution is -2.00. The predicted molar refractivity (Wildman–Crippen MR) is 83.7 cm³/mol. The normalized spacial score (nSPS) is 12.1. The van der Waals surface area contributed by atoms with Crippen molar-refractivity contribution in [3.05, 3.63) is 57.3 Å². The van der Waals surface area contributed by atoms with Gasteiger partial charge in [-0.3, -0.25) is 0 Å². The van der Waals surface area contributed by atoms with Crippen molar-refractivity contribution in [2.75, 3.05) is 14.2 Å². The Labute approximate surface area is 137 Å². The van der Waals surface area contributed by atoms with Crippen LogP contribution in [0.1, 0.15) is 16.5 Å². The van der Waals surface area contributed by atoms with Gasteiger partial charge in [0.1, 0.15) is 5.82 Å². The van der Waals surface area contributed by atoms with E-state index in [0.717, 1.165) is 0 Å². The molecule has 0 aromatic heterocycles. The Morgan fingerprint density at radius 2 is 1.43 bits per heavy atom. The Balaban J connectivity index is 2.49. The van der Waals surface area contributed by atoms with Gasteiger partial charge in [0.2, 0.25) is 0 Å². The molecule has 112 valence electrons. The molecular weight excluding hydrogens is 338 g/mol. The summed E-state index contributed by atoms with van der Waals surface area (Å²) in [7, 11) is 2.91. The first-order valence-corrected chi connectivity index (χ1v) is 7.17. The fourth-order valence-corrected chi connectivity index (χ4v) is 2.80. The number of alkyl halides is 1. The van der Waals surface area contributed by atoms with Gasteiger partial charge < -0.3 is 9.47 Å². The molecule has 1 unspecified atom stereocenters. The van der Waals surface area contributed by atoms with E-state index in [0.29, 0.717) is 27.1 Å². The van der Waals surface area contributed by atoms with Gasteiger partial charge in [-0.15, -0.1) is 11.6 Å². The van der Waals surface area contributed by atoms with E-state index in [1.807, 2.05) is 0 Å². The zero-order valence-corrected chi connectivity index (χ0v) is 13.6. The number of hydrogen-bond acceptors (Lipinski definition) is 2. The minimum absolute atomic E-state index is 0.257. The molecule has 0 saturated carbocycles. The number of halogens is 4. The van der Waals surface area contributed by atoms with Crippen LogP contribution >= 0.6 is 34.8 Å². The highest BCUT2D eigenvalue weighted by Crippen LogP contribution is 2.38. The second kappa shape index (κ2) is 6.73. The minimum Gasteiger partial charge on any atom is -0.493 e. The topological polar surface area (TPSA) is 18.5 Å². The van der Waals surface area contributed by atoms with Crippen molar-refractivity contribution in [1.29, 1.82) is 0 Å². The second-order valence-electron chi connectivity index (χ2n) is 4.29. The highest BCUT2D eigenvalue weighted by atomic mass is 35.5. The summed E-state index contributed by atoms with van der Waals surface area (Å²) < 4.78 is 24.4. The third kappa shape index (κ3) is 3.54. The van der Waals surface area contributed by atoms with Crippen LogP contribution < -0.4 is 9.47 Å². The summed E-state index contributed by atoms with van der Waals surface area (Å²) in [5, 5.41) is 0.120. The molecular formula is C15H12Cl3FO2. The predicted octanol–water partition coefficient (Wildman–Crippen LogP) is 5.48. The zero-order chi connectivity index (χ0) is 15.6. The molecule has 0 aliphatic rings. The number of hydrogen-bond donors (Lipinski definition) is 0. The van der Waals surface area contributed by atoms with Crippen molar-refractivity contribution < 1.29 is 13.9 Å². The van der Waals surface area contributed by atoms with E-state index in [9.17, 15) is 4.39 Å². The maximum Gasteiger partial charge on any atom is 0.163 e. The monoisotopic (exact) mass is 348 g/mol. The van der Waals surface area contributed by atoms with Crippen molar-refractivity contribution in [2.24, 2.45) is 0 Å². The average Bonchev–Trinajstić information content (AvgIpc) is 2.45. The van der Waals surface area contributed by atoms with E-state index >= 15 is 0 Å². The molecule has 2 rings (SSSR count). The van der Waals surface area contributed by atoms with Gasteiger partial charge in [0.15, 0.2) is 11.5 Å². The molecule has 0 fully saturated rings. The van der Waals surface area contributed by atoms with E-state index < -0.39 is 11.2 Å². The van der Waals surface area contributed by atoms with Crippen LogP contribution in [0.4, 0.5) is 4.39 Å². The average molecular weight is 350 g/mol. The van der Waals surface area contributed by atoms with Crippen LogP contribution in [0.5, 0.6) is 11.5 Å². The molecule has 6 heteroatoms. The standard InChI is InChI=1S/C15H12Cl3FO2/c1-20-13-6-11(12(19)7-14(13)21-2)15(18)8-3-9(16)5-10(17)4-8/h3-7,15H,1-2H3. The van der Waals surface area contributed by atoms with Gasteiger partial charge in [0, 0.05) is 21.7 Å². The second-order valence-corrected chi connectivity index (χ2v) is 5.60. The van der Waals surface area contributed by atoms with E-state index in [2.05, 4.69) is 0 Å². The molecule has 21 heavy (non-hydrogen) atoms. The van der Waals surface area contributed by atoms with E-state index in [1.165, 1.54) is 26.4 Å². The molecule has 0 bridgehead atoms. The lowest BCUT2D eigenvalue weighted by atomic mass is 10.0. The van der Waals surface area contributed by atoms with Gasteiger partial charge >= 0.3 is 0 Å². The first-order chi connectivity index (χ1) is 9.96. The third-order valence-corrected chi connectivity index (χ3v) is 3.88. The van der Waals surface area contributed by atoms with Gasteiger partial charge in [0.25, 0.3) is 0 Å². The fraction of sp³-hybridized carbons (Fsp3) is 0.200. The van der Waals surface area contributed by atoms with Crippen LogP contribution in [0.3, 0.4) is 0 Å². The molecule has 0 N–H and O–H groups in total. The molecule has 0 spiro atoms. The number of ether oxygens (including phenoxy) is 2. The van der Waals surface area contributed by atoms with Gasteiger partial charge in [-0.05, 0) is 29.8 Å². The lowest BCUT2D eigenvalue weighted by Gasteiger charge is -2.15. The molecule has 0 aliphatic carbocycles. The van der Waals surface area contributed by atoms with Crippen LogP contribution in [0.15, 0.2) is 30.3 Å². The van der Waals surface area contributed by atoms with Gasteiger partial charge in [-0.2, -0.15) is 0 Å². The fourth-order valence-electron chi connectivity index (χ4n) is 1.97. The Kier molecular flexibility index (Phi) is 5.20. The Hall–Kier alpha value is -1.16. The number of rotatable bonds is 4. The molecule has 0 saturated heterocycles. The van der Waals surface area contributed by atoms with Crippen molar-refractivity contribution >= 4 is 34.8 Å². The molecule has 1 atom stereocenters. The lowest BCUT2D eigenvalue weighted by molar-refractivity contribution is 0.351. The SMILES string of the molecule is COc1cc(F)c(C(Cl)c2cc(Cl)cc(Cl)c2)cc1OC. The summed E-state index contributed by atoms with van der Waals surface area (Å²) >= 11 is 18.2. The minimum atomic E-state index is -0.749. The smallest absolute Gasteiger partial charge is 0.163 e. The largest absolute Gasteiger partial charge is 0.493 e. The van der Waals surface area contributed by atoms with Crippen molar-refractivity contribution in [1.82, 2.24) is 0 Å². The molecule has 0 heterocycles. The van der Waals surface area contributed by atoms with E-state index in [-0.39, 0.29) is 5.56 Å². The first kappa shape index (κ1) is 16.2. The van der Waals surface area contributed by atoms with E-state index in [4.69, 9.17) is 44.3 Å².